The number of carboxylic acid groups (broad SMARTS) is 1. The Bertz CT molecular complexity index is 569. The molecular formula is C18H22O2S. The van der Waals surface area contributed by atoms with Gasteiger partial charge in [0, 0.05) is 16.5 Å². The van der Waals surface area contributed by atoms with Crippen molar-refractivity contribution in [1.82, 2.24) is 0 Å². The van der Waals surface area contributed by atoms with Gasteiger partial charge >= 0.3 is 0 Å². The Balaban J connectivity index is 0.000000361. The summed E-state index contributed by atoms with van der Waals surface area (Å²) in [5.41, 5.74) is 0. The monoisotopic (exact) mass is 302 g/mol. The first-order valence-electron chi connectivity index (χ1n) is 7.49. The van der Waals surface area contributed by atoms with Crippen molar-refractivity contribution >= 4 is 27.4 Å². The molecule has 1 aromatic heterocycles. The standard InChI is InChI=1S/C16H18S.C2H4O2/c1-2-7-13(6-1)8-5-10-15-12-14-9-3-4-11-16(14)17-15;1-2(3)4/h3-5,8-9,11-13H,1-2,6-7,10H2;1H3,(H,3,4)/b8-5+;. The second-order valence-corrected chi connectivity index (χ2v) is 6.61. The second kappa shape index (κ2) is 7.99. The van der Waals surface area contributed by atoms with Crippen LogP contribution in [0.1, 0.15) is 37.5 Å². The van der Waals surface area contributed by atoms with Gasteiger partial charge in [-0.3, -0.25) is 4.79 Å². The summed E-state index contributed by atoms with van der Waals surface area (Å²) in [5.74, 6) is 0.0318. The van der Waals surface area contributed by atoms with Crippen molar-refractivity contribution in [1.29, 1.82) is 0 Å². The van der Waals surface area contributed by atoms with Crippen molar-refractivity contribution in [2.45, 2.75) is 39.0 Å². The fourth-order valence-corrected chi connectivity index (χ4v) is 3.70. The third-order valence-electron chi connectivity index (χ3n) is 3.60. The average molecular weight is 302 g/mol. The minimum absolute atomic E-state index is 0.833. The Morgan fingerprint density at radius 2 is 2.00 bits per heavy atom. The van der Waals surface area contributed by atoms with Crippen molar-refractivity contribution in [2.24, 2.45) is 5.92 Å². The van der Waals surface area contributed by atoms with E-state index in [2.05, 4.69) is 42.5 Å². The molecule has 2 nitrogen and oxygen atoms in total. The third-order valence-corrected chi connectivity index (χ3v) is 4.74. The minimum Gasteiger partial charge on any atom is -0.481 e. The quantitative estimate of drug-likeness (QED) is 0.783. The number of benzene rings is 1. The highest BCUT2D eigenvalue weighted by molar-refractivity contribution is 7.19. The van der Waals surface area contributed by atoms with Crippen molar-refractivity contribution in [3.63, 3.8) is 0 Å². The van der Waals surface area contributed by atoms with Gasteiger partial charge in [-0.25, -0.2) is 0 Å². The summed E-state index contributed by atoms with van der Waals surface area (Å²) in [6.07, 6.45) is 11.6. The highest BCUT2D eigenvalue weighted by Gasteiger charge is 2.10. The molecule has 1 fully saturated rings. The summed E-state index contributed by atoms with van der Waals surface area (Å²) in [4.78, 5) is 10.5. The van der Waals surface area contributed by atoms with Gasteiger partial charge < -0.3 is 5.11 Å². The Morgan fingerprint density at radius 1 is 1.33 bits per heavy atom. The zero-order valence-electron chi connectivity index (χ0n) is 12.4. The summed E-state index contributed by atoms with van der Waals surface area (Å²) >= 11 is 1.93. The summed E-state index contributed by atoms with van der Waals surface area (Å²) in [6, 6.07) is 11.0. The van der Waals surface area contributed by atoms with E-state index in [1.54, 1.807) is 0 Å². The van der Waals surface area contributed by atoms with E-state index in [4.69, 9.17) is 9.90 Å². The predicted octanol–water partition coefficient (Wildman–Crippen LogP) is 5.28. The smallest absolute Gasteiger partial charge is 0.300 e. The first-order chi connectivity index (χ1) is 10.1. The molecule has 2 aromatic rings. The Morgan fingerprint density at radius 3 is 2.67 bits per heavy atom. The molecule has 1 N–H and O–H groups in total. The lowest BCUT2D eigenvalue weighted by Crippen LogP contribution is -1.85. The maximum absolute atomic E-state index is 9.00. The van der Waals surface area contributed by atoms with Crippen LogP contribution in [0.5, 0.6) is 0 Å². The average Bonchev–Trinajstić information content (AvgIpc) is 3.06. The van der Waals surface area contributed by atoms with Crippen molar-refractivity contribution in [2.75, 3.05) is 0 Å². The zero-order valence-corrected chi connectivity index (χ0v) is 13.2. The Hall–Kier alpha value is -1.61. The molecule has 3 heteroatoms. The number of rotatable bonds is 3. The molecule has 1 saturated carbocycles. The fraction of sp³-hybridized carbons (Fsp3) is 0.389. The number of hydrogen-bond acceptors (Lipinski definition) is 2. The van der Waals surface area contributed by atoms with Gasteiger partial charge in [-0.05, 0) is 42.7 Å². The van der Waals surface area contributed by atoms with Crippen molar-refractivity contribution in [3.8, 4) is 0 Å². The summed E-state index contributed by atoms with van der Waals surface area (Å²) < 4.78 is 1.41. The first kappa shape index (κ1) is 15.8. The van der Waals surface area contributed by atoms with E-state index in [9.17, 15) is 0 Å². The largest absolute Gasteiger partial charge is 0.481 e. The van der Waals surface area contributed by atoms with Gasteiger partial charge in [0.05, 0.1) is 0 Å². The van der Waals surface area contributed by atoms with Gasteiger partial charge in [-0.2, -0.15) is 0 Å². The number of hydrogen-bond donors (Lipinski definition) is 1. The van der Waals surface area contributed by atoms with Crippen LogP contribution in [-0.2, 0) is 11.2 Å². The molecule has 1 aromatic carbocycles. The molecular weight excluding hydrogens is 280 g/mol. The summed E-state index contributed by atoms with van der Waals surface area (Å²) in [6.45, 7) is 1.08. The van der Waals surface area contributed by atoms with E-state index in [1.165, 1.54) is 40.6 Å². The van der Waals surface area contributed by atoms with Gasteiger partial charge in [-0.1, -0.05) is 43.2 Å². The maximum atomic E-state index is 9.00. The minimum atomic E-state index is -0.833. The van der Waals surface area contributed by atoms with Gasteiger partial charge in [0.15, 0.2) is 0 Å². The molecule has 112 valence electrons. The molecule has 0 unspecified atom stereocenters. The van der Waals surface area contributed by atoms with Crippen LogP contribution in [0.2, 0.25) is 0 Å². The summed E-state index contributed by atoms with van der Waals surface area (Å²) in [5, 5.41) is 8.81. The van der Waals surface area contributed by atoms with E-state index < -0.39 is 5.97 Å². The molecule has 0 amide bonds. The van der Waals surface area contributed by atoms with Crippen LogP contribution in [0.4, 0.5) is 0 Å². The van der Waals surface area contributed by atoms with Crippen LogP contribution in [0.15, 0.2) is 42.5 Å². The Kier molecular flexibility index (Phi) is 6.00. The lowest BCUT2D eigenvalue weighted by molar-refractivity contribution is -0.134. The molecule has 0 atom stereocenters. The number of carboxylic acids is 1. The van der Waals surface area contributed by atoms with Crippen molar-refractivity contribution in [3.05, 3.63) is 47.4 Å². The van der Waals surface area contributed by atoms with E-state index in [-0.39, 0.29) is 0 Å². The van der Waals surface area contributed by atoms with Gasteiger partial charge in [0.25, 0.3) is 5.97 Å². The normalized spacial score (nSPS) is 15.3. The number of carbonyl (C=O) groups is 1. The third kappa shape index (κ3) is 5.35. The number of allylic oxidation sites excluding steroid dienone is 2. The van der Waals surface area contributed by atoms with Gasteiger partial charge in [-0.15, -0.1) is 11.3 Å². The SMILES string of the molecule is C(=C\C1CCCC1)/Cc1cc2ccccc2s1.CC(=O)O. The van der Waals surface area contributed by atoms with Crippen LogP contribution in [0.3, 0.4) is 0 Å². The van der Waals surface area contributed by atoms with E-state index in [0.717, 1.165) is 19.3 Å². The molecule has 0 spiro atoms. The maximum Gasteiger partial charge on any atom is 0.300 e. The topological polar surface area (TPSA) is 37.3 Å². The highest BCUT2D eigenvalue weighted by Crippen LogP contribution is 2.28. The van der Waals surface area contributed by atoms with E-state index in [0.29, 0.717) is 0 Å². The first-order valence-corrected chi connectivity index (χ1v) is 8.30. The lowest BCUT2D eigenvalue weighted by Gasteiger charge is -1.98. The zero-order chi connectivity index (χ0) is 15.1. The second-order valence-electron chi connectivity index (χ2n) is 5.45. The predicted molar refractivity (Wildman–Crippen MR) is 89.9 cm³/mol. The van der Waals surface area contributed by atoms with Crippen molar-refractivity contribution < 1.29 is 9.90 Å². The van der Waals surface area contributed by atoms with Crippen LogP contribution in [0.25, 0.3) is 10.1 Å². The Labute approximate surface area is 130 Å². The van der Waals surface area contributed by atoms with Gasteiger partial charge in [0.2, 0.25) is 0 Å². The molecule has 0 aliphatic heterocycles. The van der Waals surface area contributed by atoms with Gasteiger partial charge in [0.1, 0.15) is 0 Å². The van der Waals surface area contributed by atoms with E-state index in [1.807, 2.05) is 11.3 Å². The molecule has 1 heterocycles. The molecule has 1 aliphatic carbocycles. The number of aliphatic carboxylic acids is 1. The fourth-order valence-electron chi connectivity index (χ4n) is 2.66. The molecule has 0 radical (unpaired) electrons. The van der Waals surface area contributed by atoms with Crippen LogP contribution in [-0.4, -0.2) is 11.1 Å². The van der Waals surface area contributed by atoms with Crippen LogP contribution in [0, 0.1) is 5.92 Å². The van der Waals surface area contributed by atoms with E-state index >= 15 is 0 Å². The highest BCUT2D eigenvalue weighted by atomic mass is 32.1. The molecule has 21 heavy (non-hydrogen) atoms. The molecule has 0 bridgehead atoms. The summed E-state index contributed by atoms with van der Waals surface area (Å²) in [7, 11) is 0. The molecule has 3 rings (SSSR count). The van der Waals surface area contributed by atoms with Crippen LogP contribution < -0.4 is 0 Å². The van der Waals surface area contributed by atoms with Crippen LogP contribution >= 0.6 is 11.3 Å². The molecule has 1 aliphatic rings. The number of thiophene rings is 1. The molecule has 0 saturated heterocycles. The lowest BCUT2D eigenvalue weighted by atomic mass is 10.1. The number of fused-ring (bicyclic) bond motifs is 1.